The van der Waals surface area contributed by atoms with Crippen LogP contribution in [0.2, 0.25) is 0 Å². The number of amides is 2. The van der Waals surface area contributed by atoms with E-state index in [9.17, 15) is 14.4 Å². The molecule has 0 aromatic rings. The SMILES string of the molecule is C=CCCCCOC(=O)[C@@H]1[C@@H]2CCC3(S2)C(C(=O)N(CC=C)C(C)C)N(CCCCCO)C(=O)[C@H]13. The number of thioether (sulfide) groups is 1. The molecule has 3 rings (SSSR count). The van der Waals surface area contributed by atoms with Crippen molar-refractivity contribution in [3.8, 4) is 0 Å². The normalized spacial score (nSPS) is 28.9. The van der Waals surface area contributed by atoms with Crippen molar-refractivity contribution in [1.82, 2.24) is 9.80 Å². The van der Waals surface area contributed by atoms with Gasteiger partial charge < -0.3 is 19.6 Å². The highest BCUT2D eigenvalue weighted by molar-refractivity contribution is 8.02. The van der Waals surface area contributed by atoms with Gasteiger partial charge >= 0.3 is 5.97 Å². The van der Waals surface area contributed by atoms with Crippen molar-refractivity contribution in [2.45, 2.75) is 87.3 Å². The Morgan fingerprint density at radius 2 is 2.00 bits per heavy atom. The van der Waals surface area contributed by atoms with Crippen LogP contribution in [0.5, 0.6) is 0 Å². The molecule has 7 nitrogen and oxygen atoms in total. The number of hydrogen-bond acceptors (Lipinski definition) is 6. The Kier molecular flexibility index (Phi) is 9.87. The number of esters is 1. The molecule has 35 heavy (non-hydrogen) atoms. The molecule has 2 amide bonds. The maximum absolute atomic E-state index is 14.0. The van der Waals surface area contributed by atoms with Crippen molar-refractivity contribution in [1.29, 1.82) is 0 Å². The molecular formula is C27H42N2O5S. The molecule has 1 spiro atoms. The second kappa shape index (κ2) is 12.4. The first kappa shape index (κ1) is 27.8. The first-order chi connectivity index (χ1) is 16.8. The number of aliphatic hydroxyl groups is 1. The molecule has 3 fully saturated rings. The predicted octanol–water partition coefficient (Wildman–Crippen LogP) is 3.56. The summed E-state index contributed by atoms with van der Waals surface area (Å²) >= 11 is 1.68. The number of nitrogens with zero attached hydrogens (tertiary/aromatic N) is 2. The second-order valence-corrected chi connectivity index (χ2v) is 11.8. The average molecular weight is 507 g/mol. The Bertz CT molecular complexity index is 802. The molecule has 0 saturated carbocycles. The predicted molar refractivity (Wildman–Crippen MR) is 139 cm³/mol. The van der Waals surface area contributed by atoms with Gasteiger partial charge in [-0.2, -0.15) is 0 Å². The molecule has 1 N–H and O–H groups in total. The lowest BCUT2D eigenvalue weighted by Crippen LogP contribution is -2.56. The van der Waals surface area contributed by atoms with Crippen molar-refractivity contribution in [3.05, 3.63) is 25.3 Å². The molecule has 2 bridgehead atoms. The van der Waals surface area contributed by atoms with Crippen LogP contribution in [-0.4, -0.2) is 81.1 Å². The summed E-state index contributed by atoms with van der Waals surface area (Å²) in [6.45, 7) is 12.8. The molecule has 0 aliphatic carbocycles. The van der Waals surface area contributed by atoms with Crippen LogP contribution < -0.4 is 0 Å². The number of rotatable bonds is 15. The average Bonchev–Trinajstić information content (AvgIpc) is 3.47. The third-order valence-electron chi connectivity index (χ3n) is 7.64. The van der Waals surface area contributed by atoms with E-state index in [1.807, 2.05) is 19.9 Å². The van der Waals surface area contributed by atoms with E-state index in [1.54, 1.807) is 27.6 Å². The third kappa shape index (κ3) is 5.48. The van der Waals surface area contributed by atoms with E-state index in [-0.39, 0.29) is 35.7 Å². The molecule has 2 unspecified atom stereocenters. The summed E-state index contributed by atoms with van der Waals surface area (Å²) in [4.78, 5) is 44.6. The number of ether oxygens (including phenoxy) is 1. The maximum atomic E-state index is 14.0. The summed E-state index contributed by atoms with van der Waals surface area (Å²) in [6.07, 6.45) is 9.89. The standard InChI is InChI=1S/C27H42N2O5S/c1-5-7-8-12-18-34-26(33)21-20-13-14-27(35-20)22(21)24(31)29(16-10-9-11-17-30)23(27)25(32)28(15-6-2)19(3)4/h5-6,19-23,30H,1-2,7-18H2,3-4H3/t20-,21+,22-,23?,27?/m0/s1. The first-order valence-corrected chi connectivity index (χ1v) is 14.0. The zero-order valence-electron chi connectivity index (χ0n) is 21.3. The maximum Gasteiger partial charge on any atom is 0.310 e. The van der Waals surface area contributed by atoms with Crippen molar-refractivity contribution in [3.63, 3.8) is 0 Å². The van der Waals surface area contributed by atoms with Crippen LogP contribution in [0.4, 0.5) is 0 Å². The highest BCUT2D eigenvalue weighted by Crippen LogP contribution is 2.66. The first-order valence-electron chi connectivity index (χ1n) is 13.1. The molecule has 5 atom stereocenters. The summed E-state index contributed by atoms with van der Waals surface area (Å²) in [6, 6.07) is -0.612. The number of carbonyl (C=O) groups excluding carboxylic acids is 3. The molecule has 0 radical (unpaired) electrons. The molecule has 3 heterocycles. The largest absolute Gasteiger partial charge is 0.465 e. The van der Waals surface area contributed by atoms with Gasteiger partial charge in [0.1, 0.15) is 6.04 Å². The quantitative estimate of drug-likeness (QED) is 0.208. The fourth-order valence-electron chi connectivity index (χ4n) is 6.02. The van der Waals surface area contributed by atoms with Gasteiger partial charge in [-0.1, -0.05) is 12.2 Å². The van der Waals surface area contributed by atoms with Gasteiger partial charge in [-0.25, -0.2) is 0 Å². The van der Waals surface area contributed by atoms with Crippen molar-refractivity contribution in [2.24, 2.45) is 11.8 Å². The zero-order chi connectivity index (χ0) is 25.6. The van der Waals surface area contributed by atoms with Gasteiger partial charge in [0, 0.05) is 31.0 Å². The van der Waals surface area contributed by atoms with Crippen molar-refractivity contribution < 1.29 is 24.2 Å². The Balaban J connectivity index is 1.86. The zero-order valence-corrected chi connectivity index (χ0v) is 22.1. The monoisotopic (exact) mass is 506 g/mol. The fourth-order valence-corrected chi connectivity index (χ4v) is 8.22. The Labute approximate surface area is 214 Å². The molecule has 196 valence electrons. The second-order valence-electron chi connectivity index (χ2n) is 10.2. The topological polar surface area (TPSA) is 87.2 Å². The summed E-state index contributed by atoms with van der Waals surface area (Å²) < 4.78 is 5.07. The minimum atomic E-state index is -0.587. The van der Waals surface area contributed by atoms with E-state index in [0.29, 0.717) is 32.5 Å². The van der Waals surface area contributed by atoms with E-state index in [2.05, 4.69) is 13.2 Å². The molecule has 3 aliphatic rings. The van der Waals surface area contributed by atoms with Gasteiger partial charge in [0.15, 0.2) is 0 Å². The lowest BCUT2D eigenvalue weighted by atomic mass is 9.71. The van der Waals surface area contributed by atoms with E-state index in [1.165, 1.54) is 0 Å². The molecule has 3 saturated heterocycles. The van der Waals surface area contributed by atoms with Crippen LogP contribution in [0.3, 0.4) is 0 Å². The summed E-state index contributed by atoms with van der Waals surface area (Å²) in [5.74, 6) is -1.44. The Morgan fingerprint density at radius 3 is 2.66 bits per heavy atom. The van der Waals surface area contributed by atoms with Crippen LogP contribution in [0.1, 0.15) is 65.2 Å². The van der Waals surface area contributed by atoms with Gasteiger partial charge in [0.25, 0.3) is 0 Å². The highest BCUT2D eigenvalue weighted by Gasteiger charge is 2.74. The van der Waals surface area contributed by atoms with Crippen molar-refractivity contribution >= 4 is 29.5 Å². The molecule has 0 aromatic heterocycles. The molecular weight excluding hydrogens is 464 g/mol. The Morgan fingerprint density at radius 1 is 1.23 bits per heavy atom. The smallest absolute Gasteiger partial charge is 0.310 e. The van der Waals surface area contributed by atoms with Crippen molar-refractivity contribution in [2.75, 3.05) is 26.3 Å². The van der Waals surface area contributed by atoms with Crippen LogP contribution >= 0.6 is 11.8 Å². The highest BCUT2D eigenvalue weighted by atomic mass is 32.2. The van der Waals surface area contributed by atoms with Gasteiger partial charge in [0.2, 0.25) is 11.8 Å². The van der Waals surface area contributed by atoms with E-state index < -0.39 is 22.6 Å². The number of unbranched alkanes of at least 4 members (excludes halogenated alkanes) is 4. The van der Waals surface area contributed by atoms with E-state index >= 15 is 0 Å². The van der Waals surface area contributed by atoms with Gasteiger partial charge in [-0.15, -0.1) is 24.9 Å². The molecule has 3 aliphatic heterocycles. The number of carbonyl (C=O) groups is 3. The fraction of sp³-hybridized carbons (Fsp3) is 0.741. The third-order valence-corrected chi connectivity index (χ3v) is 9.59. The van der Waals surface area contributed by atoms with E-state index in [4.69, 9.17) is 9.84 Å². The number of hydrogen-bond donors (Lipinski definition) is 1. The van der Waals surface area contributed by atoms with Crippen LogP contribution in [0.15, 0.2) is 25.3 Å². The van der Waals surface area contributed by atoms with E-state index in [0.717, 1.165) is 38.5 Å². The van der Waals surface area contributed by atoms with Crippen LogP contribution in [0.25, 0.3) is 0 Å². The lowest BCUT2D eigenvalue weighted by Gasteiger charge is -2.38. The Hall–Kier alpha value is -1.80. The number of allylic oxidation sites excluding steroid dienone is 1. The van der Waals surface area contributed by atoms with Crippen LogP contribution in [0, 0.1) is 11.8 Å². The van der Waals surface area contributed by atoms with Gasteiger partial charge in [-0.3, -0.25) is 14.4 Å². The lowest BCUT2D eigenvalue weighted by molar-refractivity contribution is -0.154. The number of fused-ring (bicyclic) bond motifs is 1. The van der Waals surface area contributed by atoms with Crippen LogP contribution in [-0.2, 0) is 19.1 Å². The number of likely N-dealkylation sites (tertiary alicyclic amines) is 1. The van der Waals surface area contributed by atoms with Gasteiger partial charge in [-0.05, 0) is 65.2 Å². The summed E-state index contributed by atoms with van der Waals surface area (Å²) in [7, 11) is 0. The minimum Gasteiger partial charge on any atom is -0.465 e. The van der Waals surface area contributed by atoms with Gasteiger partial charge in [0.05, 0.1) is 23.2 Å². The number of aliphatic hydroxyl groups excluding tert-OH is 1. The molecule has 0 aromatic carbocycles. The minimum absolute atomic E-state index is 0.0170. The molecule has 8 heteroatoms. The summed E-state index contributed by atoms with van der Waals surface area (Å²) in [5.41, 5.74) is 0. The summed E-state index contributed by atoms with van der Waals surface area (Å²) in [5, 5.41) is 9.18.